The van der Waals surface area contributed by atoms with Gasteiger partial charge in [0.05, 0.1) is 11.5 Å². The molecule has 3 rings (SSSR count). The van der Waals surface area contributed by atoms with Gasteiger partial charge in [-0.2, -0.15) is 5.26 Å². The third-order valence-corrected chi connectivity index (χ3v) is 7.07. The highest BCUT2D eigenvalue weighted by molar-refractivity contribution is 5.84. The van der Waals surface area contributed by atoms with Crippen LogP contribution in [0.4, 0.5) is 0 Å². The number of hydrogen-bond donors (Lipinski definition) is 0. The summed E-state index contributed by atoms with van der Waals surface area (Å²) < 4.78 is 11.5. The van der Waals surface area contributed by atoms with E-state index in [4.69, 9.17) is 9.47 Å². The van der Waals surface area contributed by atoms with Crippen molar-refractivity contribution in [2.45, 2.75) is 79.4 Å². The lowest BCUT2D eigenvalue weighted by Gasteiger charge is -2.40. The summed E-state index contributed by atoms with van der Waals surface area (Å²) in [6.45, 7) is 12.6. The minimum atomic E-state index is -0.996. The lowest BCUT2D eigenvalue weighted by Crippen LogP contribution is -2.45. The van der Waals surface area contributed by atoms with Crippen LogP contribution < -0.4 is 0 Å². The molecule has 0 aromatic carbocycles. The van der Waals surface area contributed by atoms with Crippen LogP contribution in [0.3, 0.4) is 0 Å². The second kappa shape index (κ2) is 5.97. The maximum atomic E-state index is 13.3. The Bertz CT molecular complexity index is 660. The largest absolute Gasteiger partial charge is 0.458 e. The zero-order valence-corrected chi connectivity index (χ0v) is 16.8. The Labute approximate surface area is 156 Å². The van der Waals surface area contributed by atoms with E-state index < -0.39 is 29.0 Å². The van der Waals surface area contributed by atoms with Crippen LogP contribution in [-0.4, -0.2) is 24.1 Å². The Balaban J connectivity index is 1.80. The first-order valence-corrected chi connectivity index (χ1v) is 9.82. The summed E-state index contributed by atoms with van der Waals surface area (Å²) in [6.07, 6.45) is 1.99. The lowest BCUT2D eigenvalue weighted by molar-refractivity contribution is -0.176. The highest BCUT2D eigenvalue weighted by Gasteiger charge is 2.72. The average molecular weight is 361 g/mol. The molecular weight excluding hydrogens is 330 g/mol. The van der Waals surface area contributed by atoms with E-state index >= 15 is 0 Å². The number of carbonyl (C=O) groups is 2. The van der Waals surface area contributed by atoms with E-state index in [9.17, 15) is 14.9 Å². The highest BCUT2D eigenvalue weighted by atomic mass is 16.6. The van der Waals surface area contributed by atoms with Gasteiger partial charge >= 0.3 is 11.9 Å². The number of nitriles is 1. The monoisotopic (exact) mass is 361 g/mol. The van der Waals surface area contributed by atoms with Gasteiger partial charge in [-0.3, -0.25) is 9.59 Å². The van der Waals surface area contributed by atoms with Crippen molar-refractivity contribution in [2.75, 3.05) is 0 Å². The first kappa shape index (κ1) is 19.2. The molecule has 1 aliphatic heterocycles. The number of ether oxygens (including phenoxy) is 2. The van der Waals surface area contributed by atoms with Gasteiger partial charge in [-0.25, -0.2) is 0 Å². The molecule has 2 bridgehead atoms. The Morgan fingerprint density at radius 2 is 2.08 bits per heavy atom. The fourth-order valence-electron chi connectivity index (χ4n) is 5.55. The summed E-state index contributed by atoms with van der Waals surface area (Å²) in [5.74, 6) is -0.492. The van der Waals surface area contributed by atoms with Gasteiger partial charge in [-0.1, -0.05) is 41.0 Å². The molecule has 5 heteroatoms. The molecule has 7 unspecified atom stereocenters. The lowest BCUT2D eigenvalue weighted by atomic mass is 9.67. The molecule has 5 nitrogen and oxygen atoms in total. The van der Waals surface area contributed by atoms with Crippen molar-refractivity contribution in [1.29, 1.82) is 5.26 Å². The van der Waals surface area contributed by atoms with E-state index in [0.29, 0.717) is 6.42 Å². The fourth-order valence-corrected chi connectivity index (χ4v) is 5.55. The molecule has 0 amide bonds. The molecule has 3 aliphatic rings. The van der Waals surface area contributed by atoms with E-state index in [0.717, 1.165) is 19.3 Å². The molecule has 0 N–H and O–H groups in total. The number of fused-ring (bicyclic) bond motifs is 1. The van der Waals surface area contributed by atoms with E-state index in [-0.39, 0.29) is 29.1 Å². The summed E-state index contributed by atoms with van der Waals surface area (Å²) in [5.41, 5.74) is -1.57. The molecular formula is C21H31NO4. The van der Waals surface area contributed by atoms with E-state index in [1.807, 2.05) is 6.92 Å². The molecule has 1 saturated heterocycles. The molecule has 7 atom stereocenters. The van der Waals surface area contributed by atoms with Crippen LogP contribution in [-0.2, 0) is 19.1 Å². The maximum Gasteiger partial charge on any atom is 0.327 e. The summed E-state index contributed by atoms with van der Waals surface area (Å²) in [7, 11) is 0. The van der Waals surface area contributed by atoms with Crippen molar-refractivity contribution in [2.24, 2.45) is 34.0 Å². The Morgan fingerprint density at radius 1 is 1.42 bits per heavy atom. The van der Waals surface area contributed by atoms with Gasteiger partial charge in [-0.15, -0.1) is 0 Å². The number of nitrogens with zero attached hydrogens (tertiary/aromatic N) is 1. The predicted molar refractivity (Wildman–Crippen MR) is 95.7 cm³/mol. The van der Waals surface area contributed by atoms with Crippen molar-refractivity contribution in [1.82, 2.24) is 0 Å². The van der Waals surface area contributed by atoms with Crippen molar-refractivity contribution in [3.8, 4) is 6.07 Å². The van der Waals surface area contributed by atoms with Gasteiger partial charge in [0.1, 0.15) is 12.2 Å². The van der Waals surface area contributed by atoms with Gasteiger partial charge in [0, 0.05) is 11.8 Å². The Hall–Kier alpha value is -1.57. The van der Waals surface area contributed by atoms with Crippen LogP contribution >= 0.6 is 0 Å². The molecule has 144 valence electrons. The number of carbonyl (C=O) groups excluding carboxylic acids is 2. The molecule has 0 aromatic heterocycles. The van der Waals surface area contributed by atoms with Crippen LogP contribution in [0.15, 0.2) is 0 Å². The molecule has 1 heterocycles. The van der Waals surface area contributed by atoms with Gasteiger partial charge in [0.25, 0.3) is 0 Å². The van der Waals surface area contributed by atoms with Gasteiger partial charge in [0.2, 0.25) is 0 Å². The first-order valence-electron chi connectivity index (χ1n) is 9.82. The van der Waals surface area contributed by atoms with E-state index in [1.54, 1.807) is 0 Å². The zero-order chi connectivity index (χ0) is 19.5. The summed E-state index contributed by atoms with van der Waals surface area (Å²) in [5, 5.41) is 9.51. The Kier molecular flexibility index (Phi) is 4.41. The van der Waals surface area contributed by atoms with Gasteiger partial charge in [-0.05, 0) is 37.5 Å². The average Bonchev–Trinajstić information content (AvgIpc) is 3.14. The third-order valence-electron chi connectivity index (χ3n) is 7.07. The smallest absolute Gasteiger partial charge is 0.327 e. The standard InChI is InChI=1S/C21H31NO4/c1-7-12(2)20(6,10-19(3,4)5)17(23)25-15-13-8-14-16(15)26-18(24)21(14,9-13)11-22/h12-16H,7-10H2,1-6H3. The van der Waals surface area contributed by atoms with Gasteiger partial charge < -0.3 is 9.47 Å². The second-order valence-corrected chi connectivity index (χ2v) is 10.1. The van der Waals surface area contributed by atoms with Gasteiger partial charge in [0.15, 0.2) is 5.41 Å². The van der Waals surface area contributed by atoms with E-state index in [1.165, 1.54) is 0 Å². The highest BCUT2D eigenvalue weighted by Crippen LogP contribution is 2.62. The fraction of sp³-hybridized carbons (Fsp3) is 0.857. The van der Waals surface area contributed by atoms with Crippen LogP contribution in [0.1, 0.15) is 67.2 Å². The molecule has 0 spiro atoms. The van der Waals surface area contributed by atoms with Crippen molar-refractivity contribution in [3.63, 3.8) is 0 Å². The second-order valence-electron chi connectivity index (χ2n) is 10.1. The molecule has 2 saturated carbocycles. The number of esters is 2. The SMILES string of the molecule is CCC(C)C(C)(CC(C)(C)C)C(=O)OC1C2CC3C1OC(=O)C3(C#N)C2. The molecule has 3 fully saturated rings. The predicted octanol–water partition coefficient (Wildman–Crippen LogP) is 3.86. The topological polar surface area (TPSA) is 76.4 Å². The maximum absolute atomic E-state index is 13.3. The van der Waals surface area contributed by atoms with Crippen LogP contribution in [0.2, 0.25) is 0 Å². The quantitative estimate of drug-likeness (QED) is 0.695. The van der Waals surface area contributed by atoms with Crippen molar-refractivity contribution in [3.05, 3.63) is 0 Å². The van der Waals surface area contributed by atoms with Crippen LogP contribution in [0, 0.1) is 45.3 Å². The number of hydrogen-bond acceptors (Lipinski definition) is 5. The zero-order valence-electron chi connectivity index (χ0n) is 16.8. The summed E-state index contributed by atoms with van der Waals surface area (Å²) in [4.78, 5) is 25.5. The minimum Gasteiger partial charge on any atom is -0.458 e. The third kappa shape index (κ3) is 2.64. The van der Waals surface area contributed by atoms with Crippen LogP contribution in [0.25, 0.3) is 0 Å². The molecule has 26 heavy (non-hydrogen) atoms. The summed E-state index contributed by atoms with van der Waals surface area (Å²) >= 11 is 0. The van der Waals surface area contributed by atoms with Crippen molar-refractivity contribution >= 4 is 11.9 Å². The molecule has 0 aromatic rings. The molecule has 2 aliphatic carbocycles. The normalized spacial score (nSPS) is 38.4. The van der Waals surface area contributed by atoms with Crippen molar-refractivity contribution < 1.29 is 19.1 Å². The minimum absolute atomic E-state index is 0.00165. The summed E-state index contributed by atoms with van der Waals surface area (Å²) in [6, 6.07) is 2.20. The Morgan fingerprint density at radius 3 is 2.62 bits per heavy atom. The number of rotatable bonds is 5. The molecule has 0 radical (unpaired) electrons. The first-order chi connectivity index (χ1) is 12.0. The van der Waals surface area contributed by atoms with E-state index in [2.05, 4.69) is 40.7 Å². The van der Waals surface area contributed by atoms with Crippen LogP contribution in [0.5, 0.6) is 0 Å².